The van der Waals surface area contributed by atoms with Crippen molar-refractivity contribution in [1.29, 1.82) is 0 Å². The minimum absolute atomic E-state index is 0.0288. The molecule has 9 nitrogen and oxygen atoms in total. The predicted octanol–water partition coefficient (Wildman–Crippen LogP) is -0.850. The SMILES string of the molecule is COCCCCON(CO)c1nc(N)nc(N)n1. The molecule has 0 unspecified atom stereocenters. The van der Waals surface area contributed by atoms with Crippen molar-refractivity contribution >= 4 is 17.8 Å². The maximum atomic E-state index is 9.16. The summed E-state index contributed by atoms with van der Waals surface area (Å²) in [6, 6.07) is 0. The molecule has 0 fully saturated rings. The zero-order valence-corrected chi connectivity index (χ0v) is 10.2. The first-order valence-electron chi connectivity index (χ1n) is 5.44. The number of aliphatic hydroxyl groups excluding tert-OH is 1. The van der Waals surface area contributed by atoms with Crippen LogP contribution < -0.4 is 16.5 Å². The molecule has 0 bridgehead atoms. The lowest BCUT2D eigenvalue weighted by Gasteiger charge is -2.18. The molecule has 1 aromatic rings. The van der Waals surface area contributed by atoms with Crippen LogP contribution in [0.4, 0.5) is 17.8 Å². The summed E-state index contributed by atoms with van der Waals surface area (Å²) in [6.45, 7) is 0.650. The average molecular weight is 258 g/mol. The molecule has 0 spiro atoms. The molecule has 0 aliphatic heterocycles. The van der Waals surface area contributed by atoms with Crippen molar-refractivity contribution in [1.82, 2.24) is 15.0 Å². The van der Waals surface area contributed by atoms with Gasteiger partial charge in [-0.15, -0.1) is 0 Å². The average Bonchev–Trinajstić information content (AvgIpc) is 2.32. The van der Waals surface area contributed by atoms with E-state index in [-0.39, 0.29) is 17.8 Å². The zero-order chi connectivity index (χ0) is 13.4. The predicted molar refractivity (Wildman–Crippen MR) is 65.3 cm³/mol. The summed E-state index contributed by atoms with van der Waals surface area (Å²) in [5, 5.41) is 10.3. The maximum absolute atomic E-state index is 9.16. The third-order valence-electron chi connectivity index (χ3n) is 2.00. The van der Waals surface area contributed by atoms with Crippen molar-refractivity contribution in [3.63, 3.8) is 0 Å². The standard InChI is InChI=1S/C9H18N6O3/c1-17-4-2-3-5-18-15(6-16)9-13-7(10)12-8(11)14-9/h16H,2-6H2,1H3,(H4,10,11,12,13,14). The van der Waals surface area contributed by atoms with Crippen molar-refractivity contribution in [3.05, 3.63) is 0 Å². The molecule has 0 saturated heterocycles. The Bertz CT molecular complexity index is 344. The summed E-state index contributed by atoms with van der Waals surface area (Å²) in [5.41, 5.74) is 10.8. The number of hydroxylamine groups is 1. The first kappa shape index (κ1) is 14.4. The molecule has 1 rings (SSSR count). The second-order valence-corrected chi connectivity index (χ2v) is 3.40. The van der Waals surface area contributed by atoms with Gasteiger partial charge in [-0.3, -0.25) is 4.84 Å². The number of hydrogen-bond acceptors (Lipinski definition) is 9. The number of unbranched alkanes of at least 4 members (excludes halogenated alkanes) is 1. The molecular formula is C9H18N6O3. The number of nitrogens with zero attached hydrogens (tertiary/aromatic N) is 4. The van der Waals surface area contributed by atoms with Crippen LogP contribution in [0.25, 0.3) is 0 Å². The molecule has 9 heteroatoms. The van der Waals surface area contributed by atoms with E-state index >= 15 is 0 Å². The number of ether oxygens (including phenoxy) is 1. The van der Waals surface area contributed by atoms with Gasteiger partial charge in [0, 0.05) is 13.7 Å². The summed E-state index contributed by atoms with van der Waals surface area (Å²) in [4.78, 5) is 16.5. The monoisotopic (exact) mass is 258 g/mol. The van der Waals surface area contributed by atoms with Crippen LogP contribution in [0.2, 0.25) is 0 Å². The number of nitrogen functional groups attached to an aromatic ring is 2. The lowest BCUT2D eigenvalue weighted by molar-refractivity contribution is 0.0522. The van der Waals surface area contributed by atoms with Crippen LogP contribution in [0.15, 0.2) is 0 Å². The van der Waals surface area contributed by atoms with E-state index in [2.05, 4.69) is 15.0 Å². The van der Waals surface area contributed by atoms with Crippen LogP contribution >= 0.6 is 0 Å². The van der Waals surface area contributed by atoms with Crippen molar-refractivity contribution in [2.45, 2.75) is 12.8 Å². The van der Waals surface area contributed by atoms with E-state index in [1.54, 1.807) is 7.11 Å². The smallest absolute Gasteiger partial charge is 0.258 e. The van der Waals surface area contributed by atoms with Crippen LogP contribution in [0.1, 0.15) is 12.8 Å². The molecular weight excluding hydrogens is 240 g/mol. The third-order valence-corrected chi connectivity index (χ3v) is 2.00. The Balaban J connectivity index is 2.49. The molecule has 0 radical (unpaired) electrons. The van der Waals surface area contributed by atoms with E-state index in [1.807, 2.05) is 0 Å². The summed E-state index contributed by atoms with van der Waals surface area (Å²) < 4.78 is 4.91. The number of aliphatic hydroxyl groups is 1. The Morgan fingerprint density at radius 1 is 1.11 bits per heavy atom. The van der Waals surface area contributed by atoms with Gasteiger partial charge in [-0.2, -0.15) is 20.0 Å². The molecule has 0 saturated carbocycles. The molecule has 0 amide bonds. The lowest BCUT2D eigenvalue weighted by atomic mass is 10.3. The maximum Gasteiger partial charge on any atom is 0.258 e. The highest BCUT2D eigenvalue weighted by molar-refractivity contribution is 5.37. The fraction of sp³-hybridized carbons (Fsp3) is 0.667. The molecule has 18 heavy (non-hydrogen) atoms. The highest BCUT2D eigenvalue weighted by atomic mass is 16.7. The van der Waals surface area contributed by atoms with Gasteiger partial charge in [-0.25, -0.2) is 0 Å². The fourth-order valence-corrected chi connectivity index (χ4v) is 1.19. The lowest BCUT2D eigenvalue weighted by Crippen LogP contribution is -2.28. The molecule has 0 atom stereocenters. The molecule has 1 heterocycles. The van der Waals surface area contributed by atoms with E-state index in [0.29, 0.717) is 13.2 Å². The number of methoxy groups -OCH3 is 1. The van der Waals surface area contributed by atoms with Crippen LogP contribution in [0.5, 0.6) is 0 Å². The molecule has 0 aliphatic rings. The Morgan fingerprint density at radius 3 is 2.28 bits per heavy atom. The highest BCUT2D eigenvalue weighted by Crippen LogP contribution is 2.10. The highest BCUT2D eigenvalue weighted by Gasteiger charge is 2.11. The summed E-state index contributed by atoms with van der Waals surface area (Å²) >= 11 is 0. The molecule has 102 valence electrons. The Morgan fingerprint density at radius 2 is 1.72 bits per heavy atom. The zero-order valence-electron chi connectivity index (χ0n) is 10.2. The van der Waals surface area contributed by atoms with Gasteiger partial charge >= 0.3 is 0 Å². The van der Waals surface area contributed by atoms with Gasteiger partial charge in [0.25, 0.3) is 5.95 Å². The van der Waals surface area contributed by atoms with Gasteiger partial charge in [0.2, 0.25) is 11.9 Å². The van der Waals surface area contributed by atoms with Crippen LogP contribution in [-0.2, 0) is 9.57 Å². The summed E-state index contributed by atoms with van der Waals surface area (Å²) in [5.74, 6) is 0.0205. The normalized spacial score (nSPS) is 10.6. The molecule has 0 aliphatic carbocycles. The van der Waals surface area contributed by atoms with Gasteiger partial charge < -0.3 is 21.3 Å². The fourth-order valence-electron chi connectivity index (χ4n) is 1.19. The van der Waals surface area contributed by atoms with Crippen LogP contribution in [0, 0.1) is 0 Å². The number of aromatic nitrogens is 3. The second kappa shape index (κ2) is 7.58. The van der Waals surface area contributed by atoms with Gasteiger partial charge in [0.1, 0.15) is 6.73 Å². The molecule has 5 N–H and O–H groups in total. The number of nitrogens with two attached hydrogens (primary N) is 2. The van der Waals surface area contributed by atoms with Crippen molar-refractivity contribution < 1.29 is 14.7 Å². The number of hydrogen-bond donors (Lipinski definition) is 3. The first-order valence-corrected chi connectivity index (χ1v) is 5.44. The van der Waals surface area contributed by atoms with E-state index in [1.165, 1.54) is 0 Å². The molecule has 0 aromatic carbocycles. The Labute approximate surface area is 105 Å². The van der Waals surface area contributed by atoms with E-state index in [9.17, 15) is 0 Å². The van der Waals surface area contributed by atoms with E-state index < -0.39 is 6.73 Å². The van der Waals surface area contributed by atoms with Gasteiger partial charge in [-0.05, 0) is 12.8 Å². The van der Waals surface area contributed by atoms with Gasteiger partial charge in [-0.1, -0.05) is 0 Å². The van der Waals surface area contributed by atoms with Gasteiger partial charge in [0.05, 0.1) is 6.61 Å². The van der Waals surface area contributed by atoms with E-state index in [0.717, 1.165) is 17.9 Å². The summed E-state index contributed by atoms with van der Waals surface area (Å²) in [7, 11) is 1.64. The minimum Gasteiger partial charge on any atom is -0.385 e. The quantitative estimate of drug-likeness (QED) is 0.309. The number of rotatable bonds is 8. The topological polar surface area (TPSA) is 133 Å². The van der Waals surface area contributed by atoms with Crippen LogP contribution in [-0.4, -0.2) is 47.1 Å². The third kappa shape index (κ3) is 4.65. The Kier molecular flexibility index (Phi) is 6.05. The summed E-state index contributed by atoms with van der Waals surface area (Å²) in [6.07, 6.45) is 1.64. The molecule has 1 aromatic heterocycles. The van der Waals surface area contributed by atoms with E-state index in [4.69, 9.17) is 26.1 Å². The van der Waals surface area contributed by atoms with Crippen molar-refractivity contribution in [2.75, 3.05) is 43.6 Å². The van der Waals surface area contributed by atoms with Gasteiger partial charge in [0.15, 0.2) is 0 Å². The van der Waals surface area contributed by atoms with Crippen molar-refractivity contribution in [2.24, 2.45) is 0 Å². The Hall–Kier alpha value is -1.71. The second-order valence-electron chi connectivity index (χ2n) is 3.40. The van der Waals surface area contributed by atoms with Crippen LogP contribution in [0.3, 0.4) is 0 Å². The number of anilines is 3. The van der Waals surface area contributed by atoms with Crippen molar-refractivity contribution in [3.8, 4) is 0 Å². The largest absolute Gasteiger partial charge is 0.385 e. The first-order chi connectivity index (χ1) is 8.67. The minimum atomic E-state index is -0.410.